The molecule has 0 fully saturated rings. The number of amides is 1. The fourth-order valence-corrected chi connectivity index (χ4v) is 3.82. The monoisotopic (exact) mass is 390 g/mol. The molecule has 26 heavy (non-hydrogen) atoms. The third-order valence-corrected chi connectivity index (χ3v) is 5.36. The molecule has 5 nitrogen and oxygen atoms in total. The van der Waals surface area contributed by atoms with Gasteiger partial charge >= 0.3 is 0 Å². The number of para-hydroxylation sites is 1. The highest BCUT2D eigenvalue weighted by molar-refractivity contribution is 7.22. The van der Waals surface area contributed by atoms with Crippen LogP contribution in [-0.2, 0) is 0 Å². The van der Waals surface area contributed by atoms with E-state index in [2.05, 4.69) is 19.1 Å². The number of thiazole rings is 1. The number of nitrogens with zero attached hydrogens (tertiary/aromatic N) is 2. The summed E-state index contributed by atoms with van der Waals surface area (Å²) < 4.78 is 6.14. The lowest BCUT2D eigenvalue weighted by Crippen LogP contribution is -3.06. The first-order valence-electron chi connectivity index (χ1n) is 8.29. The van der Waals surface area contributed by atoms with E-state index in [1.807, 2.05) is 18.2 Å². The van der Waals surface area contributed by atoms with Crippen molar-refractivity contribution in [3.63, 3.8) is 0 Å². The minimum absolute atomic E-state index is 0.0796. The van der Waals surface area contributed by atoms with Crippen LogP contribution < -0.4 is 14.5 Å². The molecule has 0 aliphatic heterocycles. The molecule has 2 aromatic carbocycles. The number of carbonyl (C=O) groups excluding carboxylic acids is 1. The predicted molar refractivity (Wildman–Crippen MR) is 107 cm³/mol. The van der Waals surface area contributed by atoms with Crippen LogP contribution in [0, 0.1) is 0 Å². The Balaban J connectivity index is 1.97. The number of anilines is 1. The van der Waals surface area contributed by atoms with E-state index in [0.29, 0.717) is 22.3 Å². The van der Waals surface area contributed by atoms with Crippen molar-refractivity contribution in [2.75, 3.05) is 39.2 Å². The zero-order chi connectivity index (χ0) is 18.7. The van der Waals surface area contributed by atoms with Crippen molar-refractivity contribution in [2.45, 2.75) is 0 Å². The van der Waals surface area contributed by atoms with Gasteiger partial charge in [-0.25, -0.2) is 4.98 Å². The van der Waals surface area contributed by atoms with Crippen molar-refractivity contribution in [2.24, 2.45) is 0 Å². The molecular formula is C19H21ClN3O2S+. The molecule has 136 valence electrons. The number of fused-ring (bicyclic) bond motifs is 1. The number of benzene rings is 2. The molecule has 3 aromatic rings. The molecule has 0 radical (unpaired) electrons. The van der Waals surface area contributed by atoms with Gasteiger partial charge in [0.15, 0.2) is 5.13 Å². The van der Waals surface area contributed by atoms with E-state index >= 15 is 0 Å². The first kappa shape index (κ1) is 18.6. The van der Waals surface area contributed by atoms with Crippen LogP contribution in [0.15, 0.2) is 42.5 Å². The van der Waals surface area contributed by atoms with E-state index in [4.69, 9.17) is 16.3 Å². The first-order valence-corrected chi connectivity index (χ1v) is 9.49. The number of halogens is 1. The zero-order valence-electron chi connectivity index (χ0n) is 15.0. The molecule has 1 N–H and O–H groups in total. The fraction of sp³-hybridized carbons (Fsp3) is 0.263. The van der Waals surface area contributed by atoms with Crippen molar-refractivity contribution in [1.82, 2.24) is 4.98 Å². The van der Waals surface area contributed by atoms with Crippen LogP contribution in [0.1, 0.15) is 10.4 Å². The van der Waals surface area contributed by atoms with Crippen molar-refractivity contribution in [1.29, 1.82) is 0 Å². The summed E-state index contributed by atoms with van der Waals surface area (Å²) in [5.41, 5.74) is 1.34. The van der Waals surface area contributed by atoms with Gasteiger partial charge < -0.3 is 9.64 Å². The molecule has 0 atom stereocenters. The summed E-state index contributed by atoms with van der Waals surface area (Å²) in [7, 11) is 5.73. The van der Waals surface area contributed by atoms with Gasteiger partial charge in [-0.05, 0) is 36.4 Å². The maximum atomic E-state index is 13.1. The number of rotatable bonds is 6. The van der Waals surface area contributed by atoms with Crippen LogP contribution in [0.25, 0.3) is 10.2 Å². The van der Waals surface area contributed by atoms with E-state index in [1.54, 1.807) is 36.3 Å². The summed E-state index contributed by atoms with van der Waals surface area (Å²) in [5.74, 6) is 0.640. The zero-order valence-corrected chi connectivity index (χ0v) is 16.5. The number of hydrogen-bond donors (Lipinski definition) is 1. The summed E-state index contributed by atoms with van der Waals surface area (Å²) in [4.78, 5) is 20.8. The third kappa shape index (κ3) is 3.98. The maximum absolute atomic E-state index is 13.1. The van der Waals surface area contributed by atoms with Crippen LogP contribution in [0.5, 0.6) is 5.75 Å². The van der Waals surface area contributed by atoms with Crippen molar-refractivity contribution < 1.29 is 14.4 Å². The minimum atomic E-state index is -0.0796. The maximum Gasteiger partial charge on any atom is 0.260 e. The molecule has 1 amide bonds. The van der Waals surface area contributed by atoms with Gasteiger partial charge in [0.1, 0.15) is 11.3 Å². The molecule has 0 saturated carbocycles. The average molecular weight is 391 g/mol. The number of ether oxygens (including phenoxy) is 1. The molecule has 0 bridgehead atoms. The number of aromatic nitrogens is 1. The van der Waals surface area contributed by atoms with Gasteiger partial charge in [-0.3, -0.25) is 9.69 Å². The highest BCUT2D eigenvalue weighted by Gasteiger charge is 2.22. The van der Waals surface area contributed by atoms with Gasteiger partial charge in [-0.1, -0.05) is 29.0 Å². The quantitative estimate of drug-likeness (QED) is 0.704. The Labute approximate surface area is 161 Å². The Morgan fingerprint density at radius 2 is 1.96 bits per heavy atom. The summed E-state index contributed by atoms with van der Waals surface area (Å²) in [6, 6.07) is 12.8. The van der Waals surface area contributed by atoms with Crippen molar-refractivity contribution in [3.05, 3.63) is 53.1 Å². The van der Waals surface area contributed by atoms with E-state index < -0.39 is 0 Å². The van der Waals surface area contributed by atoms with Crippen LogP contribution >= 0.6 is 22.9 Å². The number of quaternary nitrogens is 1. The highest BCUT2D eigenvalue weighted by Crippen LogP contribution is 2.33. The molecular weight excluding hydrogens is 370 g/mol. The van der Waals surface area contributed by atoms with Crippen molar-refractivity contribution >= 4 is 44.2 Å². The van der Waals surface area contributed by atoms with Crippen LogP contribution in [-0.4, -0.2) is 45.2 Å². The van der Waals surface area contributed by atoms with Gasteiger partial charge in [0, 0.05) is 5.56 Å². The molecule has 0 aliphatic carbocycles. The lowest BCUT2D eigenvalue weighted by molar-refractivity contribution is -0.856. The van der Waals surface area contributed by atoms with E-state index in [0.717, 1.165) is 22.5 Å². The van der Waals surface area contributed by atoms with Gasteiger partial charge in [0.05, 0.1) is 44.0 Å². The fourth-order valence-electron chi connectivity index (χ4n) is 2.53. The Morgan fingerprint density at radius 1 is 1.23 bits per heavy atom. The number of nitrogens with one attached hydrogen (secondary N) is 1. The second-order valence-electron chi connectivity index (χ2n) is 6.23. The second kappa shape index (κ2) is 8.03. The third-order valence-electron chi connectivity index (χ3n) is 4.01. The number of methoxy groups -OCH3 is 1. The number of carbonyl (C=O) groups is 1. The van der Waals surface area contributed by atoms with E-state index in [-0.39, 0.29) is 5.91 Å². The van der Waals surface area contributed by atoms with Crippen LogP contribution in [0.4, 0.5) is 5.13 Å². The topological polar surface area (TPSA) is 46.9 Å². The molecule has 0 saturated heterocycles. The number of likely N-dealkylation sites (N-methyl/N-ethyl adjacent to an activating group) is 1. The lowest BCUT2D eigenvalue weighted by atomic mass is 10.2. The Bertz CT molecular complexity index is 909. The Kier molecular flexibility index (Phi) is 5.76. The largest absolute Gasteiger partial charge is 0.497 e. The molecule has 0 unspecified atom stereocenters. The Hall–Kier alpha value is -2.15. The lowest BCUT2D eigenvalue weighted by Gasteiger charge is -2.20. The van der Waals surface area contributed by atoms with E-state index in [1.165, 1.54) is 16.2 Å². The summed E-state index contributed by atoms with van der Waals surface area (Å²) >= 11 is 7.73. The van der Waals surface area contributed by atoms with Crippen molar-refractivity contribution in [3.8, 4) is 5.75 Å². The molecule has 1 aromatic heterocycles. The summed E-state index contributed by atoms with van der Waals surface area (Å²) in [6.45, 7) is 1.39. The SMILES string of the molecule is COc1ccc(C(=O)N(CC[NH+](C)C)c2nc3c(Cl)cccc3s2)cc1. The van der Waals surface area contributed by atoms with Crippen LogP contribution in [0.2, 0.25) is 5.02 Å². The second-order valence-corrected chi connectivity index (χ2v) is 7.64. The summed E-state index contributed by atoms with van der Waals surface area (Å²) in [6.07, 6.45) is 0. The molecule has 0 aliphatic rings. The summed E-state index contributed by atoms with van der Waals surface area (Å²) in [5, 5.41) is 1.26. The molecule has 7 heteroatoms. The number of hydrogen-bond acceptors (Lipinski definition) is 4. The van der Waals surface area contributed by atoms with Gasteiger partial charge in [0.2, 0.25) is 0 Å². The van der Waals surface area contributed by atoms with E-state index in [9.17, 15) is 4.79 Å². The minimum Gasteiger partial charge on any atom is -0.497 e. The highest BCUT2D eigenvalue weighted by atomic mass is 35.5. The van der Waals surface area contributed by atoms with Gasteiger partial charge in [0.25, 0.3) is 5.91 Å². The van der Waals surface area contributed by atoms with Gasteiger partial charge in [-0.2, -0.15) is 0 Å². The molecule has 3 rings (SSSR count). The molecule has 1 heterocycles. The normalized spacial score (nSPS) is 11.1. The van der Waals surface area contributed by atoms with Crippen LogP contribution in [0.3, 0.4) is 0 Å². The smallest absolute Gasteiger partial charge is 0.260 e. The molecule has 0 spiro atoms. The average Bonchev–Trinajstić information content (AvgIpc) is 3.07. The van der Waals surface area contributed by atoms with Gasteiger partial charge in [-0.15, -0.1) is 0 Å². The Morgan fingerprint density at radius 3 is 2.58 bits per heavy atom. The standard InChI is InChI=1S/C19H20ClN3O2S/c1-22(2)11-12-23(18(24)13-7-9-14(25-3)10-8-13)19-21-17-15(20)5-4-6-16(17)26-19/h4-10H,11-12H2,1-3H3/p+1. The first-order chi connectivity index (χ1) is 12.5. The predicted octanol–water partition coefficient (Wildman–Crippen LogP) is 2.75.